The highest BCUT2D eigenvalue weighted by Crippen LogP contribution is 2.38. The Hall–Kier alpha value is -2.12. The maximum Gasteiger partial charge on any atom is 0.433 e. The number of nitrogens with one attached hydrogen (secondary N) is 1. The molecule has 1 fully saturated rings. The minimum absolute atomic E-state index is 0.0110. The standard InChI is InChI=1S/C17H28N2O6/c1-12(2)10-24-15(22)13(3)19-25-16(23)18-11-17(9-14(20)21)7-5-4-6-8-17/h12H,4-11H2,1-3H3,(H,18,23)(H,20,21). The lowest BCUT2D eigenvalue weighted by Gasteiger charge is -2.35. The summed E-state index contributed by atoms with van der Waals surface area (Å²) in [6, 6.07) is 0. The Morgan fingerprint density at radius 2 is 1.84 bits per heavy atom. The Bertz CT molecular complexity index is 509. The molecule has 8 heteroatoms. The second-order valence-corrected chi connectivity index (χ2v) is 7.03. The second kappa shape index (κ2) is 10.0. The van der Waals surface area contributed by atoms with E-state index < -0.39 is 23.4 Å². The van der Waals surface area contributed by atoms with Gasteiger partial charge >= 0.3 is 18.0 Å². The molecular formula is C17H28N2O6. The topological polar surface area (TPSA) is 114 Å². The molecule has 0 heterocycles. The Morgan fingerprint density at radius 1 is 1.20 bits per heavy atom. The highest BCUT2D eigenvalue weighted by molar-refractivity contribution is 6.35. The van der Waals surface area contributed by atoms with Crippen molar-refractivity contribution in [2.45, 2.75) is 59.3 Å². The molecule has 25 heavy (non-hydrogen) atoms. The number of carbonyl (C=O) groups excluding carboxylic acids is 2. The van der Waals surface area contributed by atoms with Gasteiger partial charge in [-0.25, -0.2) is 9.59 Å². The van der Waals surface area contributed by atoms with E-state index in [1.807, 2.05) is 13.8 Å². The van der Waals surface area contributed by atoms with Gasteiger partial charge in [-0.05, 0) is 31.1 Å². The van der Waals surface area contributed by atoms with Crippen molar-refractivity contribution in [1.82, 2.24) is 5.32 Å². The van der Waals surface area contributed by atoms with Gasteiger partial charge in [0.05, 0.1) is 13.0 Å². The van der Waals surface area contributed by atoms with Gasteiger partial charge < -0.3 is 15.2 Å². The van der Waals surface area contributed by atoms with Crippen LogP contribution in [0.1, 0.15) is 59.3 Å². The second-order valence-electron chi connectivity index (χ2n) is 7.03. The minimum atomic E-state index is -0.876. The van der Waals surface area contributed by atoms with Crippen LogP contribution in [-0.2, 0) is 19.2 Å². The number of oxime groups is 1. The van der Waals surface area contributed by atoms with Gasteiger partial charge in [-0.2, -0.15) is 0 Å². The van der Waals surface area contributed by atoms with E-state index in [0.717, 1.165) is 32.1 Å². The van der Waals surface area contributed by atoms with Crippen molar-refractivity contribution in [3.63, 3.8) is 0 Å². The molecule has 1 saturated carbocycles. The third kappa shape index (κ3) is 8.00. The first-order valence-corrected chi connectivity index (χ1v) is 8.62. The molecule has 1 rings (SSSR count). The quantitative estimate of drug-likeness (QED) is 0.299. The van der Waals surface area contributed by atoms with Crippen LogP contribution in [0, 0.1) is 11.3 Å². The lowest BCUT2D eigenvalue weighted by molar-refractivity contribution is -0.140. The zero-order valence-corrected chi connectivity index (χ0v) is 15.2. The van der Waals surface area contributed by atoms with Gasteiger partial charge in [-0.3, -0.25) is 9.63 Å². The number of rotatable bonds is 8. The van der Waals surface area contributed by atoms with Crippen molar-refractivity contribution in [2.24, 2.45) is 16.5 Å². The SMILES string of the molecule is CC(=NOC(=O)NCC1(CC(=O)O)CCCCC1)C(=O)OCC(C)C. The highest BCUT2D eigenvalue weighted by atomic mass is 16.7. The van der Waals surface area contributed by atoms with Crippen LogP contribution >= 0.6 is 0 Å². The average molecular weight is 356 g/mol. The molecular weight excluding hydrogens is 328 g/mol. The summed E-state index contributed by atoms with van der Waals surface area (Å²) in [5, 5.41) is 15.1. The molecule has 2 N–H and O–H groups in total. The van der Waals surface area contributed by atoms with Crippen molar-refractivity contribution >= 4 is 23.7 Å². The van der Waals surface area contributed by atoms with Crippen molar-refractivity contribution < 1.29 is 29.1 Å². The monoisotopic (exact) mass is 356 g/mol. The molecule has 1 amide bonds. The third-order valence-electron chi connectivity index (χ3n) is 4.16. The molecule has 0 atom stereocenters. The van der Waals surface area contributed by atoms with Crippen molar-refractivity contribution in [3.05, 3.63) is 0 Å². The molecule has 0 aliphatic heterocycles. The van der Waals surface area contributed by atoms with E-state index >= 15 is 0 Å². The first kappa shape index (κ1) is 20.9. The fourth-order valence-corrected chi connectivity index (χ4v) is 2.82. The summed E-state index contributed by atoms with van der Waals surface area (Å²) in [5.74, 6) is -1.32. The summed E-state index contributed by atoms with van der Waals surface area (Å²) in [6.45, 7) is 5.67. The van der Waals surface area contributed by atoms with Crippen LogP contribution in [0.25, 0.3) is 0 Å². The summed E-state index contributed by atoms with van der Waals surface area (Å²) in [7, 11) is 0. The van der Waals surface area contributed by atoms with Gasteiger partial charge in [-0.15, -0.1) is 0 Å². The number of esters is 1. The molecule has 1 aliphatic carbocycles. The smallest absolute Gasteiger partial charge is 0.433 e. The van der Waals surface area contributed by atoms with E-state index in [2.05, 4.69) is 15.3 Å². The molecule has 0 unspecified atom stereocenters. The maximum absolute atomic E-state index is 11.8. The Morgan fingerprint density at radius 3 is 2.40 bits per heavy atom. The fourth-order valence-electron chi connectivity index (χ4n) is 2.82. The first-order chi connectivity index (χ1) is 11.7. The highest BCUT2D eigenvalue weighted by Gasteiger charge is 2.34. The lowest BCUT2D eigenvalue weighted by atomic mass is 9.72. The van der Waals surface area contributed by atoms with Crippen LogP contribution in [0.15, 0.2) is 5.16 Å². The van der Waals surface area contributed by atoms with Gasteiger partial charge in [0.2, 0.25) is 0 Å². The van der Waals surface area contributed by atoms with E-state index in [1.165, 1.54) is 6.92 Å². The number of aliphatic carboxylic acids is 1. The number of amides is 1. The van der Waals surface area contributed by atoms with E-state index in [9.17, 15) is 14.4 Å². The summed E-state index contributed by atoms with van der Waals surface area (Å²) >= 11 is 0. The predicted molar refractivity (Wildman–Crippen MR) is 91.2 cm³/mol. The lowest BCUT2D eigenvalue weighted by Crippen LogP contribution is -2.40. The number of carboxylic acids is 1. The van der Waals surface area contributed by atoms with Crippen LogP contribution in [-0.4, -0.2) is 42.0 Å². The Balaban J connectivity index is 2.47. The fraction of sp³-hybridized carbons (Fsp3) is 0.765. The van der Waals surface area contributed by atoms with Crippen molar-refractivity contribution in [1.29, 1.82) is 0 Å². The number of carboxylic acid groups (broad SMARTS) is 1. The summed E-state index contributed by atoms with van der Waals surface area (Å²) in [6.07, 6.45) is 3.68. The first-order valence-electron chi connectivity index (χ1n) is 8.62. The molecule has 1 aliphatic rings. The molecule has 0 radical (unpaired) electrons. The van der Waals surface area contributed by atoms with Crippen molar-refractivity contribution in [3.8, 4) is 0 Å². The summed E-state index contributed by atoms with van der Waals surface area (Å²) in [5.41, 5.74) is -0.508. The molecule has 0 aromatic rings. The Kier molecular flexibility index (Phi) is 8.37. The number of carbonyl (C=O) groups is 3. The van der Waals surface area contributed by atoms with Crippen LogP contribution < -0.4 is 5.32 Å². The van der Waals surface area contributed by atoms with E-state index in [1.54, 1.807) is 0 Å². The third-order valence-corrected chi connectivity index (χ3v) is 4.16. The minimum Gasteiger partial charge on any atom is -0.481 e. The largest absolute Gasteiger partial charge is 0.481 e. The van der Waals surface area contributed by atoms with Crippen LogP contribution in [0.5, 0.6) is 0 Å². The zero-order chi connectivity index (χ0) is 18.9. The number of ether oxygens (including phenoxy) is 1. The number of hydrogen-bond acceptors (Lipinski definition) is 6. The van der Waals surface area contributed by atoms with Gasteiger partial charge in [0.15, 0.2) is 5.71 Å². The van der Waals surface area contributed by atoms with Crippen LogP contribution in [0.4, 0.5) is 4.79 Å². The van der Waals surface area contributed by atoms with Gasteiger partial charge in [0, 0.05) is 6.54 Å². The zero-order valence-electron chi connectivity index (χ0n) is 15.2. The van der Waals surface area contributed by atoms with Crippen molar-refractivity contribution in [2.75, 3.05) is 13.2 Å². The molecule has 0 aromatic carbocycles. The van der Waals surface area contributed by atoms with E-state index in [-0.39, 0.29) is 31.2 Å². The molecule has 142 valence electrons. The van der Waals surface area contributed by atoms with Gasteiger partial charge in [0.25, 0.3) is 0 Å². The summed E-state index contributed by atoms with van der Waals surface area (Å²) < 4.78 is 4.97. The molecule has 0 bridgehead atoms. The predicted octanol–water partition coefficient (Wildman–Crippen LogP) is 2.71. The van der Waals surface area contributed by atoms with Gasteiger partial charge in [0.1, 0.15) is 0 Å². The average Bonchev–Trinajstić information content (AvgIpc) is 2.55. The molecule has 8 nitrogen and oxygen atoms in total. The maximum atomic E-state index is 11.8. The van der Waals surface area contributed by atoms with Crippen LogP contribution in [0.2, 0.25) is 0 Å². The van der Waals surface area contributed by atoms with E-state index in [4.69, 9.17) is 9.84 Å². The molecule has 0 spiro atoms. The summed E-state index contributed by atoms with van der Waals surface area (Å²) in [4.78, 5) is 39.1. The molecule has 0 saturated heterocycles. The molecule has 0 aromatic heterocycles. The normalized spacial score (nSPS) is 17.0. The Labute approximate surface area is 147 Å². The number of hydrogen-bond donors (Lipinski definition) is 2. The van der Waals surface area contributed by atoms with E-state index in [0.29, 0.717) is 0 Å². The van der Waals surface area contributed by atoms with Gasteiger partial charge in [-0.1, -0.05) is 38.3 Å². The number of nitrogens with zero attached hydrogens (tertiary/aromatic N) is 1. The van der Waals surface area contributed by atoms with Crippen LogP contribution in [0.3, 0.4) is 0 Å².